The van der Waals surface area contributed by atoms with Crippen LogP contribution >= 0.6 is 0 Å². The molecule has 4 fully saturated rings. The van der Waals surface area contributed by atoms with Gasteiger partial charge in [-0.05, 0) is 27.7 Å². The van der Waals surface area contributed by atoms with E-state index in [1.807, 2.05) is 27.7 Å². The lowest BCUT2D eigenvalue weighted by Gasteiger charge is -2.28. The lowest BCUT2D eigenvalue weighted by molar-refractivity contribution is -0.212. The van der Waals surface area contributed by atoms with Crippen molar-refractivity contribution in [2.75, 3.05) is 13.2 Å². The zero-order valence-corrected chi connectivity index (χ0v) is 14.9. The van der Waals surface area contributed by atoms with Crippen LogP contribution < -0.4 is 5.32 Å². The van der Waals surface area contributed by atoms with Gasteiger partial charge in [-0.2, -0.15) is 0 Å². The number of hydrogen-bond acceptors (Lipinski definition) is 9. The second-order valence-electron chi connectivity index (χ2n) is 7.85. The standard InChI is InChI=1S/C16H27NO8/c1-15(2)22-9-7(5-18)20-13(11(9)24-15)17-14-12-10(8(6-19)21-14)23-16(3,4)25-12/h7-14,17-19H,5-6H2,1-4H3/t7-,8+,9-,10+,11-,12+,13-,14-/m0/s1. The van der Waals surface area contributed by atoms with Crippen LogP contribution in [-0.2, 0) is 28.4 Å². The van der Waals surface area contributed by atoms with E-state index >= 15 is 0 Å². The maximum atomic E-state index is 9.56. The molecule has 0 unspecified atom stereocenters. The summed E-state index contributed by atoms with van der Waals surface area (Å²) in [4.78, 5) is 0. The van der Waals surface area contributed by atoms with Crippen LogP contribution in [0.15, 0.2) is 0 Å². The molecule has 8 atom stereocenters. The molecule has 4 aliphatic rings. The summed E-state index contributed by atoms with van der Waals surface area (Å²) >= 11 is 0. The third-order valence-corrected chi connectivity index (χ3v) is 4.99. The third-order valence-electron chi connectivity index (χ3n) is 4.99. The molecule has 0 aromatic rings. The lowest BCUT2D eigenvalue weighted by Crippen LogP contribution is -2.50. The van der Waals surface area contributed by atoms with E-state index < -0.39 is 36.2 Å². The summed E-state index contributed by atoms with van der Waals surface area (Å²) in [6.07, 6.45) is -3.49. The second-order valence-corrected chi connectivity index (χ2v) is 7.85. The normalized spacial score (nSPS) is 50.2. The van der Waals surface area contributed by atoms with Crippen molar-refractivity contribution in [3.05, 3.63) is 0 Å². The fourth-order valence-corrected chi connectivity index (χ4v) is 4.09. The monoisotopic (exact) mass is 361 g/mol. The summed E-state index contributed by atoms with van der Waals surface area (Å²) in [5, 5.41) is 22.4. The molecule has 0 spiro atoms. The highest BCUT2D eigenvalue weighted by Crippen LogP contribution is 2.41. The van der Waals surface area contributed by atoms with E-state index in [4.69, 9.17) is 28.4 Å². The maximum absolute atomic E-state index is 9.56. The van der Waals surface area contributed by atoms with Gasteiger partial charge in [0.15, 0.2) is 11.6 Å². The Balaban J connectivity index is 1.48. The topological polar surface area (TPSA) is 108 Å². The number of ether oxygens (including phenoxy) is 6. The number of aliphatic hydroxyl groups excluding tert-OH is 2. The summed E-state index contributed by atoms with van der Waals surface area (Å²) in [6.45, 7) is 6.99. The van der Waals surface area contributed by atoms with Crippen molar-refractivity contribution in [1.29, 1.82) is 0 Å². The Bertz CT molecular complexity index is 470. The molecule has 0 aromatic carbocycles. The fourth-order valence-electron chi connectivity index (χ4n) is 4.09. The zero-order chi connectivity index (χ0) is 18.0. The molecule has 0 aromatic heterocycles. The molecule has 4 aliphatic heterocycles. The molecule has 0 radical (unpaired) electrons. The zero-order valence-electron chi connectivity index (χ0n) is 14.9. The summed E-state index contributed by atoms with van der Waals surface area (Å²) < 4.78 is 35.3. The van der Waals surface area contributed by atoms with E-state index in [1.165, 1.54) is 0 Å². The molecular formula is C16H27NO8. The van der Waals surface area contributed by atoms with Gasteiger partial charge in [0.2, 0.25) is 0 Å². The third kappa shape index (κ3) is 3.11. The highest BCUT2D eigenvalue weighted by atomic mass is 16.8. The first-order chi connectivity index (χ1) is 11.7. The fraction of sp³-hybridized carbons (Fsp3) is 1.00. The van der Waals surface area contributed by atoms with Gasteiger partial charge in [0, 0.05) is 0 Å². The van der Waals surface area contributed by atoms with Gasteiger partial charge < -0.3 is 38.6 Å². The van der Waals surface area contributed by atoms with Gasteiger partial charge in [0.1, 0.15) is 49.1 Å². The number of aliphatic hydroxyl groups is 2. The average Bonchev–Trinajstić information content (AvgIpc) is 3.18. The Morgan fingerprint density at radius 3 is 1.40 bits per heavy atom. The Hall–Kier alpha value is -0.360. The molecule has 0 aliphatic carbocycles. The first-order valence-electron chi connectivity index (χ1n) is 8.73. The Morgan fingerprint density at radius 2 is 1.04 bits per heavy atom. The van der Waals surface area contributed by atoms with Gasteiger partial charge in [0.25, 0.3) is 0 Å². The van der Waals surface area contributed by atoms with Gasteiger partial charge in [-0.3, -0.25) is 5.32 Å². The van der Waals surface area contributed by atoms with Crippen molar-refractivity contribution in [1.82, 2.24) is 5.32 Å². The Kier molecular flexibility index (Phi) is 4.38. The van der Waals surface area contributed by atoms with Crippen LogP contribution in [0.3, 0.4) is 0 Å². The van der Waals surface area contributed by atoms with Crippen LogP contribution in [0, 0.1) is 0 Å². The summed E-state index contributed by atoms with van der Waals surface area (Å²) in [7, 11) is 0. The highest BCUT2D eigenvalue weighted by Gasteiger charge is 2.59. The van der Waals surface area contributed by atoms with Crippen LogP contribution in [-0.4, -0.2) is 84.1 Å². The van der Waals surface area contributed by atoms with Crippen molar-refractivity contribution < 1.29 is 38.6 Å². The van der Waals surface area contributed by atoms with Crippen LogP contribution in [0.1, 0.15) is 27.7 Å². The van der Waals surface area contributed by atoms with Crippen LogP contribution in [0.5, 0.6) is 0 Å². The van der Waals surface area contributed by atoms with Gasteiger partial charge in [-0.1, -0.05) is 0 Å². The quantitative estimate of drug-likeness (QED) is 0.584. The minimum Gasteiger partial charge on any atom is -0.394 e. The van der Waals surface area contributed by atoms with Gasteiger partial charge in [-0.25, -0.2) is 0 Å². The number of nitrogens with one attached hydrogen (secondary N) is 1. The van der Waals surface area contributed by atoms with E-state index in [2.05, 4.69) is 5.32 Å². The van der Waals surface area contributed by atoms with Crippen molar-refractivity contribution in [3.63, 3.8) is 0 Å². The van der Waals surface area contributed by atoms with Gasteiger partial charge in [-0.15, -0.1) is 0 Å². The summed E-state index contributed by atoms with van der Waals surface area (Å²) in [5.74, 6) is -1.48. The highest BCUT2D eigenvalue weighted by molar-refractivity contribution is 5.01. The van der Waals surface area contributed by atoms with Gasteiger partial charge >= 0.3 is 0 Å². The average molecular weight is 361 g/mol. The van der Waals surface area contributed by atoms with E-state index in [0.29, 0.717) is 0 Å². The first kappa shape index (κ1) is 18.0. The molecule has 4 heterocycles. The molecule has 144 valence electrons. The molecule has 3 N–H and O–H groups in total. The molecule has 25 heavy (non-hydrogen) atoms. The van der Waals surface area contributed by atoms with E-state index in [9.17, 15) is 10.2 Å². The van der Waals surface area contributed by atoms with Crippen LogP contribution in [0.4, 0.5) is 0 Å². The summed E-state index contributed by atoms with van der Waals surface area (Å²) in [6, 6.07) is 0. The molecule has 9 heteroatoms. The van der Waals surface area contributed by atoms with Crippen molar-refractivity contribution >= 4 is 0 Å². The predicted octanol–water partition coefficient (Wildman–Crippen LogP) is -0.949. The van der Waals surface area contributed by atoms with E-state index in [-0.39, 0.29) is 37.6 Å². The maximum Gasteiger partial charge on any atom is 0.164 e. The second kappa shape index (κ2) is 6.08. The number of rotatable bonds is 4. The molecule has 0 saturated carbocycles. The summed E-state index contributed by atoms with van der Waals surface area (Å²) in [5.41, 5.74) is 0. The molecule has 0 amide bonds. The molecular weight excluding hydrogens is 334 g/mol. The lowest BCUT2D eigenvalue weighted by atomic mass is 10.1. The van der Waals surface area contributed by atoms with Crippen molar-refractivity contribution in [2.24, 2.45) is 0 Å². The molecule has 4 rings (SSSR count). The number of hydrogen-bond donors (Lipinski definition) is 3. The molecule has 9 nitrogen and oxygen atoms in total. The van der Waals surface area contributed by atoms with Crippen molar-refractivity contribution in [2.45, 2.75) is 88.3 Å². The van der Waals surface area contributed by atoms with Crippen LogP contribution in [0.25, 0.3) is 0 Å². The largest absolute Gasteiger partial charge is 0.394 e. The molecule has 4 saturated heterocycles. The SMILES string of the molecule is CC1(C)O[C@@H]2[C@H](O1)[C@@H](CO)O[C@@H]2N[C@H]1O[C@@H](CO)[C@@H]2OC(C)(C)O[C@@H]21. The van der Waals surface area contributed by atoms with E-state index in [0.717, 1.165) is 0 Å². The smallest absolute Gasteiger partial charge is 0.164 e. The van der Waals surface area contributed by atoms with E-state index in [1.54, 1.807) is 0 Å². The Morgan fingerprint density at radius 1 is 0.680 bits per heavy atom. The number of fused-ring (bicyclic) bond motifs is 2. The minimum absolute atomic E-state index is 0.164. The predicted molar refractivity (Wildman–Crippen MR) is 82.3 cm³/mol. The molecule has 0 bridgehead atoms. The van der Waals surface area contributed by atoms with Gasteiger partial charge in [0.05, 0.1) is 13.2 Å². The first-order valence-corrected chi connectivity index (χ1v) is 8.73. The Labute approximate surface area is 146 Å². The van der Waals surface area contributed by atoms with Crippen LogP contribution in [0.2, 0.25) is 0 Å². The van der Waals surface area contributed by atoms with Crippen molar-refractivity contribution in [3.8, 4) is 0 Å². The minimum atomic E-state index is -0.742.